The van der Waals surface area contributed by atoms with Gasteiger partial charge in [0.1, 0.15) is 0 Å². The number of hydrogen-bond acceptors (Lipinski definition) is 15. The summed E-state index contributed by atoms with van der Waals surface area (Å²) in [6.45, 7) is 21.2. The van der Waals surface area contributed by atoms with Crippen LogP contribution in [0.15, 0.2) is 12.7 Å². The van der Waals surface area contributed by atoms with E-state index in [4.69, 9.17) is 66.3 Å². The minimum Gasteiger partial charge on any atom is -0.462 e. The highest BCUT2D eigenvalue weighted by Gasteiger charge is 1.99. The van der Waals surface area contributed by atoms with Gasteiger partial charge in [0, 0.05) is 185 Å². The maximum absolute atomic E-state index is 10.9. The molecule has 0 saturated heterocycles. The molecule has 0 aromatic rings. The smallest absolute Gasteiger partial charge is 0.330 e. The third-order valence-electron chi connectivity index (χ3n) is 7.83. The summed E-state index contributed by atoms with van der Waals surface area (Å²) < 4.78 is 77.3. The molecule has 58 heavy (non-hydrogen) atoms. The molecule has 15 nitrogen and oxygen atoms in total. The van der Waals surface area contributed by atoms with Gasteiger partial charge in [0.05, 0.1) is 6.61 Å². The molecule has 0 aromatic heterocycles. The van der Waals surface area contributed by atoms with Gasteiger partial charge in [-0.1, -0.05) is 6.58 Å². The number of methoxy groups -OCH3 is 1. The Morgan fingerprint density at radius 1 is 0.293 bits per heavy atom. The molecule has 0 bridgehead atoms. The van der Waals surface area contributed by atoms with E-state index in [9.17, 15) is 4.79 Å². The fraction of sp³-hybridized carbons (Fsp3) is 0.930. The van der Waals surface area contributed by atoms with Crippen LogP contribution in [0.5, 0.6) is 0 Å². The number of ether oxygens (including phenoxy) is 14. The average molecular weight is 841 g/mol. The standard InChI is InChI=1S/C43H84O15/c1-3-43(44)58-42-16-41-57-40-15-39-56-38-14-37-55-36-13-35-54-34-12-33-53-32-11-31-52-30-10-29-51-28-9-27-50-26-8-25-49-24-7-23-48-22-6-21-47-20-5-19-46-18-4-17-45-2/h3H,1,4-42H2,2H3. The molecule has 0 saturated carbocycles. The van der Waals surface area contributed by atoms with Crippen LogP contribution in [0.1, 0.15) is 83.5 Å². The Balaban J connectivity index is 3.07. The first kappa shape index (κ1) is 56.7. The molecule has 0 aliphatic carbocycles. The van der Waals surface area contributed by atoms with Crippen LogP contribution in [0.25, 0.3) is 0 Å². The van der Waals surface area contributed by atoms with Gasteiger partial charge in [-0.3, -0.25) is 0 Å². The zero-order valence-corrected chi connectivity index (χ0v) is 36.5. The third kappa shape index (κ3) is 52.7. The number of rotatable bonds is 53. The van der Waals surface area contributed by atoms with Crippen LogP contribution in [0.4, 0.5) is 0 Å². The summed E-state index contributed by atoms with van der Waals surface area (Å²) in [6, 6.07) is 0. The van der Waals surface area contributed by atoms with Gasteiger partial charge in [-0.2, -0.15) is 0 Å². The van der Waals surface area contributed by atoms with Crippen molar-refractivity contribution >= 4 is 5.97 Å². The second-order valence-electron chi connectivity index (χ2n) is 13.3. The molecular weight excluding hydrogens is 756 g/mol. The van der Waals surface area contributed by atoms with E-state index in [0.717, 1.165) is 123 Å². The van der Waals surface area contributed by atoms with Gasteiger partial charge < -0.3 is 66.3 Å². The highest BCUT2D eigenvalue weighted by atomic mass is 16.5. The zero-order chi connectivity index (χ0) is 41.8. The van der Waals surface area contributed by atoms with E-state index in [2.05, 4.69) is 6.58 Å². The summed E-state index contributed by atoms with van der Waals surface area (Å²) >= 11 is 0. The van der Waals surface area contributed by atoms with Crippen molar-refractivity contribution in [2.45, 2.75) is 83.5 Å². The molecule has 0 aliphatic heterocycles. The van der Waals surface area contributed by atoms with E-state index < -0.39 is 5.97 Å². The maximum atomic E-state index is 10.9. The molecule has 0 fully saturated rings. The Morgan fingerprint density at radius 2 is 0.448 bits per heavy atom. The van der Waals surface area contributed by atoms with Gasteiger partial charge in [-0.05, 0) is 77.0 Å². The van der Waals surface area contributed by atoms with E-state index in [0.29, 0.717) is 139 Å². The van der Waals surface area contributed by atoms with Gasteiger partial charge in [-0.25, -0.2) is 4.79 Å². The third-order valence-corrected chi connectivity index (χ3v) is 7.83. The van der Waals surface area contributed by atoms with Crippen molar-refractivity contribution in [3.8, 4) is 0 Å². The molecule has 0 aliphatic rings. The first-order valence-electron chi connectivity index (χ1n) is 22.0. The lowest BCUT2D eigenvalue weighted by atomic mass is 10.4. The topological polar surface area (TPSA) is 146 Å². The van der Waals surface area contributed by atoms with Gasteiger partial charge >= 0.3 is 5.97 Å². The minimum atomic E-state index is -0.402. The second kappa shape index (κ2) is 53.7. The highest BCUT2D eigenvalue weighted by Crippen LogP contribution is 1.97. The predicted molar refractivity (Wildman–Crippen MR) is 223 cm³/mol. The predicted octanol–water partition coefficient (Wildman–Crippen LogP) is 5.63. The lowest BCUT2D eigenvalue weighted by Gasteiger charge is -2.08. The Bertz CT molecular complexity index is 780. The van der Waals surface area contributed by atoms with Crippen molar-refractivity contribution in [3.05, 3.63) is 12.7 Å². The fourth-order valence-corrected chi connectivity index (χ4v) is 4.82. The molecule has 0 unspecified atom stereocenters. The molecule has 0 aromatic carbocycles. The first-order valence-corrected chi connectivity index (χ1v) is 22.0. The van der Waals surface area contributed by atoms with Gasteiger partial charge in [-0.15, -0.1) is 0 Å². The van der Waals surface area contributed by atoms with Crippen LogP contribution in [0, 0.1) is 0 Å². The molecule has 0 amide bonds. The van der Waals surface area contributed by atoms with Crippen molar-refractivity contribution in [1.82, 2.24) is 0 Å². The van der Waals surface area contributed by atoms with Crippen LogP contribution in [0.2, 0.25) is 0 Å². The van der Waals surface area contributed by atoms with Gasteiger partial charge in [0.15, 0.2) is 0 Å². The maximum Gasteiger partial charge on any atom is 0.330 e. The largest absolute Gasteiger partial charge is 0.462 e. The van der Waals surface area contributed by atoms with Crippen molar-refractivity contribution in [3.63, 3.8) is 0 Å². The van der Waals surface area contributed by atoms with E-state index in [1.165, 1.54) is 0 Å². The van der Waals surface area contributed by atoms with Crippen LogP contribution in [-0.4, -0.2) is 185 Å². The molecule has 0 atom stereocenters. The number of carbonyl (C=O) groups is 1. The summed E-state index contributed by atoms with van der Waals surface area (Å²) in [7, 11) is 1.70. The number of carbonyl (C=O) groups excluding carboxylic acids is 1. The van der Waals surface area contributed by atoms with Gasteiger partial charge in [0.25, 0.3) is 0 Å². The summed E-state index contributed by atoms with van der Waals surface area (Å²) in [6.07, 6.45) is 12.5. The number of hydrogen-bond donors (Lipinski definition) is 0. The molecule has 0 radical (unpaired) electrons. The average Bonchev–Trinajstić information content (AvgIpc) is 3.24. The zero-order valence-electron chi connectivity index (χ0n) is 36.5. The molecule has 0 N–H and O–H groups in total. The highest BCUT2D eigenvalue weighted by molar-refractivity contribution is 5.81. The van der Waals surface area contributed by atoms with Gasteiger partial charge in [0.2, 0.25) is 0 Å². The molecule has 0 rings (SSSR count). The lowest BCUT2D eigenvalue weighted by Crippen LogP contribution is -2.09. The normalized spacial score (nSPS) is 11.5. The second-order valence-corrected chi connectivity index (χ2v) is 13.3. The fourth-order valence-electron chi connectivity index (χ4n) is 4.82. The Morgan fingerprint density at radius 3 is 0.603 bits per heavy atom. The van der Waals surface area contributed by atoms with E-state index >= 15 is 0 Å². The molecule has 15 heteroatoms. The first-order chi connectivity index (χ1) is 28.8. The van der Waals surface area contributed by atoms with Crippen molar-refractivity contribution in [1.29, 1.82) is 0 Å². The summed E-state index contributed by atoms with van der Waals surface area (Å²) in [5.74, 6) is -0.402. The summed E-state index contributed by atoms with van der Waals surface area (Å²) in [4.78, 5) is 10.9. The van der Waals surface area contributed by atoms with Crippen LogP contribution in [-0.2, 0) is 71.1 Å². The van der Waals surface area contributed by atoms with E-state index in [-0.39, 0.29) is 0 Å². The molecule has 0 heterocycles. The quantitative estimate of drug-likeness (QED) is 0.0423. The summed E-state index contributed by atoms with van der Waals surface area (Å²) in [5, 5.41) is 0. The lowest BCUT2D eigenvalue weighted by molar-refractivity contribution is -0.138. The van der Waals surface area contributed by atoms with Crippen molar-refractivity contribution in [2.24, 2.45) is 0 Å². The molecule has 0 spiro atoms. The minimum absolute atomic E-state index is 0.350. The van der Waals surface area contributed by atoms with Crippen molar-refractivity contribution in [2.75, 3.05) is 179 Å². The Labute approximate surface area is 351 Å². The summed E-state index contributed by atoms with van der Waals surface area (Å²) in [5.41, 5.74) is 0. The van der Waals surface area contributed by atoms with Crippen LogP contribution >= 0.6 is 0 Å². The molecule has 346 valence electrons. The van der Waals surface area contributed by atoms with E-state index in [1.807, 2.05) is 0 Å². The SMILES string of the molecule is C=CC(=O)OCCCOCCCOCCCOCCCOCCCOCCCOCCCOCCCOCCCOCCCOCCCOCCCOCCCOC. The number of esters is 1. The van der Waals surface area contributed by atoms with E-state index in [1.54, 1.807) is 7.11 Å². The Hall–Kier alpha value is -1.31. The van der Waals surface area contributed by atoms with Crippen molar-refractivity contribution < 1.29 is 71.1 Å². The molecular formula is C43H84O15. The Kier molecular flexibility index (Phi) is 52.5. The van der Waals surface area contributed by atoms with Crippen LogP contribution < -0.4 is 0 Å². The van der Waals surface area contributed by atoms with Crippen LogP contribution in [0.3, 0.4) is 0 Å². The monoisotopic (exact) mass is 841 g/mol.